The molecule has 0 radical (unpaired) electrons. The summed E-state index contributed by atoms with van der Waals surface area (Å²) in [6.07, 6.45) is 2.82. The normalized spacial score (nSPS) is 26.2. The molecule has 2 fully saturated rings. The molecule has 1 aromatic carbocycles. The number of nitrogens with zero attached hydrogens (tertiary/aromatic N) is 2. The summed E-state index contributed by atoms with van der Waals surface area (Å²) >= 11 is 0. The third kappa shape index (κ3) is 3.18. The molecule has 1 aliphatic carbocycles. The minimum absolute atomic E-state index is 0.595. The van der Waals surface area contributed by atoms with Crippen LogP contribution in [-0.4, -0.2) is 39.3 Å². The molecule has 0 amide bonds. The van der Waals surface area contributed by atoms with Crippen LogP contribution in [0.4, 0.5) is 11.4 Å². The Morgan fingerprint density at radius 1 is 1.24 bits per heavy atom. The Hall–Kier alpha value is -1.22. The van der Waals surface area contributed by atoms with Crippen LogP contribution in [0.25, 0.3) is 0 Å². The standard InChI is InChI=1S/C18H29N3/c1-13(2)18-11-19-17(14-8-9-14)12-21(18)16-7-5-6-15(10-16)20(3)4/h5-7,10,13-14,17-19H,8-9,11-12H2,1-4H3. The highest BCUT2D eigenvalue weighted by atomic mass is 15.2. The molecule has 1 aliphatic heterocycles. The van der Waals surface area contributed by atoms with Crippen molar-refractivity contribution >= 4 is 11.4 Å². The monoisotopic (exact) mass is 287 g/mol. The average molecular weight is 287 g/mol. The number of benzene rings is 1. The SMILES string of the molecule is CC(C)C1CNC(C2CC2)CN1c1cccc(N(C)C)c1. The lowest BCUT2D eigenvalue weighted by atomic mass is 9.96. The van der Waals surface area contributed by atoms with Gasteiger partial charge in [0.25, 0.3) is 0 Å². The number of hydrogen-bond donors (Lipinski definition) is 1. The minimum atomic E-state index is 0.595. The van der Waals surface area contributed by atoms with E-state index >= 15 is 0 Å². The van der Waals surface area contributed by atoms with Gasteiger partial charge in [-0.05, 0) is 42.9 Å². The predicted octanol–water partition coefficient (Wildman–Crippen LogP) is 2.97. The van der Waals surface area contributed by atoms with Crippen LogP contribution < -0.4 is 15.1 Å². The van der Waals surface area contributed by atoms with Crippen LogP contribution in [0.3, 0.4) is 0 Å². The van der Waals surface area contributed by atoms with Gasteiger partial charge in [0, 0.05) is 50.6 Å². The molecule has 3 heteroatoms. The van der Waals surface area contributed by atoms with E-state index in [-0.39, 0.29) is 0 Å². The molecule has 1 saturated heterocycles. The molecule has 3 rings (SSSR count). The van der Waals surface area contributed by atoms with Gasteiger partial charge in [-0.15, -0.1) is 0 Å². The van der Waals surface area contributed by atoms with E-state index in [1.807, 2.05) is 0 Å². The average Bonchev–Trinajstić information content (AvgIpc) is 3.31. The van der Waals surface area contributed by atoms with E-state index in [0.717, 1.165) is 19.0 Å². The van der Waals surface area contributed by atoms with E-state index in [9.17, 15) is 0 Å². The third-order valence-corrected chi connectivity index (χ3v) is 5.02. The minimum Gasteiger partial charge on any atom is -0.378 e. The van der Waals surface area contributed by atoms with Gasteiger partial charge >= 0.3 is 0 Å². The molecule has 1 heterocycles. The molecule has 2 aliphatic rings. The Morgan fingerprint density at radius 2 is 2.00 bits per heavy atom. The third-order valence-electron chi connectivity index (χ3n) is 5.02. The highest BCUT2D eigenvalue weighted by Crippen LogP contribution is 2.36. The maximum Gasteiger partial charge on any atom is 0.0438 e. The maximum atomic E-state index is 3.80. The van der Waals surface area contributed by atoms with Crippen LogP contribution in [0.1, 0.15) is 26.7 Å². The highest BCUT2D eigenvalue weighted by Gasteiger charge is 2.38. The van der Waals surface area contributed by atoms with Crippen LogP contribution in [0.15, 0.2) is 24.3 Å². The van der Waals surface area contributed by atoms with E-state index in [1.165, 1.54) is 24.2 Å². The van der Waals surface area contributed by atoms with Crippen molar-refractivity contribution in [1.82, 2.24) is 5.32 Å². The lowest BCUT2D eigenvalue weighted by molar-refractivity contribution is 0.320. The molecule has 1 aromatic rings. The van der Waals surface area contributed by atoms with Gasteiger partial charge in [0.05, 0.1) is 0 Å². The van der Waals surface area contributed by atoms with Gasteiger partial charge in [-0.2, -0.15) is 0 Å². The van der Waals surface area contributed by atoms with Crippen LogP contribution in [0.5, 0.6) is 0 Å². The summed E-state index contributed by atoms with van der Waals surface area (Å²) in [5.41, 5.74) is 2.67. The summed E-state index contributed by atoms with van der Waals surface area (Å²) in [5, 5.41) is 3.80. The predicted molar refractivity (Wildman–Crippen MR) is 91.3 cm³/mol. The van der Waals surface area contributed by atoms with Crippen molar-refractivity contribution in [2.24, 2.45) is 11.8 Å². The van der Waals surface area contributed by atoms with E-state index < -0.39 is 0 Å². The summed E-state index contributed by atoms with van der Waals surface area (Å²) < 4.78 is 0. The summed E-state index contributed by atoms with van der Waals surface area (Å²) in [6, 6.07) is 10.3. The Labute approximate surface area is 129 Å². The van der Waals surface area contributed by atoms with Gasteiger partial charge in [-0.25, -0.2) is 0 Å². The van der Waals surface area contributed by atoms with Crippen molar-refractivity contribution in [2.75, 3.05) is 37.0 Å². The topological polar surface area (TPSA) is 18.5 Å². The number of piperazine rings is 1. The van der Waals surface area contributed by atoms with Gasteiger partial charge in [0.2, 0.25) is 0 Å². The van der Waals surface area contributed by atoms with Crippen molar-refractivity contribution in [1.29, 1.82) is 0 Å². The lowest BCUT2D eigenvalue weighted by Gasteiger charge is -2.44. The molecule has 0 aromatic heterocycles. The molecular formula is C18H29N3. The van der Waals surface area contributed by atoms with Gasteiger partial charge < -0.3 is 15.1 Å². The fourth-order valence-corrected chi connectivity index (χ4v) is 3.45. The fourth-order valence-electron chi connectivity index (χ4n) is 3.45. The molecule has 1 saturated carbocycles. The first-order valence-corrected chi connectivity index (χ1v) is 8.33. The van der Waals surface area contributed by atoms with E-state index in [0.29, 0.717) is 18.0 Å². The van der Waals surface area contributed by atoms with Crippen molar-refractivity contribution in [3.8, 4) is 0 Å². The first-order valence-electron chi connectivity index (χ1n) is 8.33. The van der Waals surface area contributed by atoms with Gasteiger partial charge in [-0.1, -0.05) is 19.9 Å². The molecule has 21 heavy (non-hydrogen) atoms. The van der Waals surface area contributed by atoms with Crippen LogP contribution in [0, 0.1) is 11.8 Å². The number of nitrogens with one attached hydrogen (secondary N) is 1. The first-order chi connectivity index (χ1) is 10.1. The molecular weight excluding hydrogens is 258 g/mol. The van der Waals surface area contributed by atoms with Crippen molar-refractivity contribution in [3.05, 3.63) is 24.3 Å². The van der Waals surface area contributed by atoms with Crippen LogP contribution in [-0.2, 0) is 0 Å². The molecule has 2 atom stereocenters. The van der Waals surface area contributed by atoms with Crippen molar-refractivity contribution in [2.45, 2.75) is 38.8 Å². The summed E-state index contributed by atoms with van der Waals surface area (Å²) in [5.74, 6) is 1.58. The fraction of sp³-hybridized carbons (Fsp3) is 0.667. The first kappa shape index (κ1) is 14.7. The van der Waals surface area contributed by atoms with Crippen molar-refractivity contribution in [3.63, 3.8) is 0 Å². The lowest BCUT2D eigenvalue weighted by Crippen LogP contribution is -2.59. The summed E-state index contributed by atoms with van der Waals surface area (Å²) in [6.45, 7) is 6.95. The van der Waals surface area contributed by atoms with Gasteiger partial charge in [0.1, 0.15) is 0 Å². The molecule has 116 valence electrons. The number of rotatable bonds is 4. The Balaban J connectivity index is 1.85. The zero-order chi connectivity index (χ0) is 15.0. The number of anilines is 2. The smallest absolute Gasteiger partial charge is 0.0438 e. The van der Waals surface area contributed by atoms with Gasteiger partial charge in [0.15, 0.2) is 0 Å². The largest absolute Gasteiger partial charge is 0.378 e. The second-order valence-corrected chi connectivity index (χ2v) is 7.23. The zero-order valence-electron chi connectivity index (χ0n) is 13.8. The molecule has 2 unspecified atom stereocenters. The Kier molecular flexibility index (Phi) is 4.12. The van der Waals surface area contributed by atoms with Gasteiger partial charge in [-0.3, -0.25) is 0 Å². The molecule has 0 bridgehead atoms. The molecule has 0 spiro atoms. The summed E-state index contributed by atoms with van der Waals surface area (Å²) in [4.78, 5) is 4.84. The van der Waals surface area contributed by atoms with Crippen LogP contribution >= 0.6 is 0 Å². The quantitative estimate of drug-likeness (QED) is 0.918. The summed E-state index contributed by atoms with van der Waals surface area (Å²) in [7, 11) is 4.23. The Morgan fingerprint density at radius 3 is 2.62 bits per heavy atom. The number of hydrogen-bond acceptors (Lipinski definition) is 3. The molecule has 1 N–H and O–H groups in total. The maximum absolute atomic E-state index is 3.80. The molecule has 3 nitrogen and oxygen atoms in total. The van der Waals surface area contributed by atoms with E-state index in [1.54, 1.807) is 0 Å². The zero-order valence-corrected chi connectivity index (χ0v) is 13.8. The highest BCUT2D eigenvalue weighted by molar-refractivity contribution is 5.59. The van der Waals surface area contributed by atoms with E-state index in [2.05, 4.69) is 67.3 Å². The second kappa shape index (κ2) is 5.88. The second-order valence-electron chi connectivity index (χ2n) is 7.23. The van der Waals surface area contributed by atoms with Crippen molar-refractivity contribution < 1.29 is 0 Å². The Bertz CT molecular complexity index is 479. The van der Waals surface area contributed by atoms with E-state index in [4.69, 9.17) is 0 Å². The van der Waals surface area contributed by atoms with Crippen LogP contribution in [0.2, 0.25) is 0 Å².